The van der Waals surface area contributed by atoms with E-state index in [1.165, 1.54) is 0 Å². The monoisotopic (exact) mass is 329 g/mol. The predicted molar refractivity (Wildman–Crippen MR) is 79.0 cm³/mol. The number of rotatable bonds is 8. The Morgan fingerprint density at radius 2 is 2.16 bits per heavy atom. The quantitative estimate of drug-likeness (QED) is 0.746. The van der Waals surface area contributed by atoms with Crippen molar-refractivity contribution in [1.29, 1.82) is 0 Å². The van der Waals surface area contributed by atoms with Gasteiger partial charge in [0.05, 0.1) is 13.7 Å². The normalized spacial score (nSPS) is 10.1. The number of nitrogens with one attached hydrogen (secondary N) is 1. The maximum absolute atomic E-state index is 11.4. The van der Waals surface area contributed by atoms with Crippen LogP contribution < -0.4 is 14.8 Å². The number of halogens is 1. The van der Waals surface area contributed by atoms with Gasteiger partial charge in [0.1, 0.15) is 0 Å². The van der Waals surface area contributed by atoms with Crippen molar-refractivity contribution in [3.8, 4) is 11.5 Å². The molecular formula is C14H20BrNO3. The summed E-state index contributed by atoms with van der Waals surface area (Å²) in [4.78, 5) is 11.4. The molecule has 19 heavy (non-hydrogen) atoms. The summed E-state index contributed by atoms with van der Waals surface area (Å²) in [5.41, 5.74) is 0.989. The lowest BCUT2D eigenvalue weighted by atomic mass is 10.2. The van der Waals surface area contributed by atoms with Crippen LogP contribution in [-0.2, 0) is 11.3 Å². The Balaban J connectivity index is 2.63. The fourth-order valence-electron chi connectivity index (χ4n) is 1.53. The van der Waals surface area contributed by atoms with E-state index in [1.807, 2.05) is 18.2 Å². The van der Waals surface area contributed by atoms with E-state index in [0.29, 0.717) is 30.7 Å². The largest absolute Gasteiger partial charge is 0.493 e. The van der Waals surface area contributed by atoms with Gasteiger partial charge in [0, 0.05) is 18.3 Å². The molecule has 0 saturated carbocycles. The number of carbonyl (C=O) groups excluding carboxylic acids is 1. The van der Waals surface area contributed by atoms with Gasteiger partial charge in [0.2, 0.25) is 5.91 Å². The first-order chi connectivity index (χ1) is 9.21. The van der Waals surface area contributed by atoms with Gasteiger partial charge in [-0.2, -0.15) is 0 Å². The summed E-state index contributed by atoms with van der Waals surface area (Å²) in [5.74, 6) is 1.46. The standard InChI is InChI=1S/C14H20BrNO3/c1-3-8-19-12-5-4-11(9-13(12)18-2)10-16-14(17)6-7-15/h4-5,9H,3,6-8,10H2,1-2H3,(H,16,17). The van der Waals surface area contributed by atoms with E-state index in [-0.39, 0.29) is 5.91 Å². The van der Waals surface area contributed by atoms with Crippen LogP contribution in [0.3, 0.4) is 0 Å². The van der Waals surface area contributed by atoms with Crippen molar-refractivity contribution in [1.82, 2.24) is 5.32 Å². The van der Waals surface area contributed by atoms with Gasteiger partial charge >= 0.3 is 0 Å². The molecular weight excluding hydrogens is 310 g/mol. The number of benzene rings is 1. The minimum atomic E-state index is 0.0298. The molecule has 0 atom stereocenters. The van der Waals surface area contributed by atoms with E-state index in [0.717, 1.165) is 17.7 Å². The molecule has 5 heteroatoms. The number of alkyl halides is 1. The van der Waals surface area contributed by atoms with E-state index >= 15 is 0 Å². The molecule has 4 nitrogen and oxygen atoms in total. The van der Waals surface area contributed by atoms with Crippen LogP contribution >= 0.6 is 15.9 Å². The van der Waals surface area contributed by atoms with Gasteiger partial charge in [0.25, 0.3) is 0 Å². The van der Waals surface area contributed by atoms with Crippen LogP contribution in [0.5, 0.6) is 11.5 Å². The Hall–Kier alpha value is -1.23. The van der Waals surface area contributed by atoms with Gasteiger partial charge in [-0.15, -0.1) is 0 Å². The molecule has 0 bridgehead atoms. The topological polar surface area (TPSA) is 47.6 Å². The Bertz CT molecular complexity index is 410. The highest BCUT2D eigenvalue weighted by atomic mass is 79.9. The fourth-order valence-corrected chi connectivity index (χ4v) is 1.89. The summed E-state index contributed by atoms with van der Waals surface area (Å²) in [6.07, 6.45) is 1.43. The van der Waals surface area contributed by atoms with Crippen molar-refractivity contribution in [3.05, 3.63) is 23.8 Å². The summed E-state index contributed by atoms with van der Waals surface area (Å²) >= 11 is 3.24. The third-order valence-corrected chi connectivity index (χ3v) is 2.90. The van der Waals surface area contributed by atoms with E-state index in [4.69, 9.17) is 9.47 Å². The van der Waals surface area contributed by atoms with Gasteiger partial charge in [-0.05, 0) is 24.1 Å². The number of ether oxygens (including phenoxy) is 2. The van der Waals surface area contributed by atoms with Crippen molar-refractivity contribution in [3.63, 3.8) is 0 Å². The highest BCUT2D eigenvalue weighted by Gasteiger charge is 2.06. The molecule has 0 saturated heterocycles. The Morgan fingerprint density at radius 3 is 2.79 bits per heavy atom. The van der Waals surface area contributed by atoms with Crippen molar-refractivity contribution < 1.29 is 14.3 Å². The second-order valence-corrected chi connectivity index (χ2v) is 4.84. The summed E-state index contributed by atoms with van der Waals surface area (Å²) in [6.45, 7) is 3.22. The molecule has 106 valence electrons. The maximum atomic E-state index is 11.4. The second kappa shape index (κ2) is 8.80. The van der Waals surface area contributed by atoms with Crippen LogP contribution in [0.1, 0.15) is 25.3 Å². The molecule has 0 fully saturated rings. The predicted octanol–water partition coefficient (Wildman–Crippen LogP) is 2.89. The Labute approximate surface area is 122 Å². The number of hydrogen-bond acceptors (Lipinski definition) is 3. The molecule has 0 aromatic heterocycles. The Morgan fingerprint density at radius 1 is 1.37 bits per heavy atom. The van der Waals surface area contributed by atoms with E-state index in [2.05, 4.69) is 28.2 Å². The van der Waals surface area contributed by atoms with E-state index < -0.39 is 0 Å². The lowest BCUT2D eigenvalue weighted by Crippen LogP contribution is -2.22. The van der Waals surface area contributed by atoms with E-state index in [9.17, 15) is 4.79 Å². The minimum absolute atomic E-state index is 0.0298. The molecule has 0 aliphatic carbocycles. The lowest BCUT2D eigenvalue weighted by Gasteiger charge is -2.12. The molecule has 1 N–H and O–H groups in total. The van der Waals surface area contributed by atoms with Crippen molar-refractivity contribution in [2.45, 2.75) is 26.3 Å². The summed E-state index contributed by atoms with van der Waals surface area (Å²) < 4.78 is 10.9. The summed E-state index contributed by atoms with van der Waals surface area (Å²) in [5, 5.41) is 3.52. The van der Waals surface area contributed by atoms with Crippen LogP contribution in [0, 0.1) is 0 Å². The van der Waals surface area contributed by atoms with Crippen LogP contribution in [-0.4, -0.2) is 25.0 Å². The summed E-state index contributed by atoms with van der Waals surface area (Å²) in [7, 11) is 1.61. The zero-order valence-corrected chi connectivity index (χ0v) is 13.0. The van der Waals surface area contributed by atoms with Crippen molar-refractivity contribution in [2.75, 3.05) is 19.0 Å². The first kappa shape index (κ1) is 15.8. The van der Waals surface area contributed by atoms with Crippen LogP contribution in [0.2, 0.25) is 0 Å². The fraction of sp³-hybridized carbons (Fsp3) is 0.500. The third-order valence-electron chi connectivity index (χ3n) is 2.50. The number of amides is 1. The van der Waals surface area contributed by atoms with Gasteiger partial charge < -0.3 is 14.8 Å². The number of carbonyl (C=O) groups is 1. The van der Waals surface area contributed by atoms with Crippen molar-refractivity contribution in [2.24, 2.45) is 0 Å². The number of methoxy groups -OCH3 is 1. The molecule has 0 aliphatic rings. The molecule has 1 aromatic carbocycles. The lowest BCUT2D eigenvalue weighted by molar-refractivity contribution is -0.120. The van der Waals surface area contributed by atoms with Crippen molar-refractivity contribution >= 4 is 21.8 Å². The van der Waals surface area contributed by atoms with Gasteiger partial charge in [0.15, 0.2) is 11.5 Å². The Kier molecular flexibility index (Phi) is 7.33. The second-order valence-electron chi connectivity index (χ2n) is 4.05. The number of hydrogen-bond donors (Lipinski definition) is 1. The summed E-state index contributed by atoms with van der Waals surface area (Å²) in [6, 6.07) is 5.70. The van der Waals surface area contributed by atoms with Gasteiger partial charge in [-0.25, -0.2) is 0 Å². The zero-order chi connectivity index (χ0) is 14.1. The average Bonchev–Trinajstić information content (AvgIpc) is 2.43. The molecule has 1 rings (SSSR count). The average molecular weight is 330 g/mol. The zero-order valence-electron chi connectivity index (χ0n) is 11.4. The smallest absolute Gasteiger partial charge is 0.221 e. The molecule has 0 unspecified atom stereocenters. The molecule has 0 aliphatic heterocycles. The molecule has 0 heterocycles. The highest BCUT2D eigenvalue weighted by Crippen LogP contribution is 2.28. The molecule has 1 amide bonds. The SMILES string of the molecule is CCCOc1ccc(CNC(=O)CCBr)cc1OC. The van der Waals surface area contributed by atoms with Gasteiger partial charge in [-0.3, -0.25) is 4.79 Å². The van der Waals surface area contributed by atoms with Crippen LogP contribution in [0.25, 0.3) is 0 Å². The van der Waals surface area contributed by atoms with Gasteiger partial charge in [-0.1, -0.05) is 28.9 Å². The molecule has 0 radical (unpaired) electrons. The molecule has 0 spiro atoms. The third kappa shape index (κ3) is 5.51. The highest BCUT2D eigenvalue weighted by molar-refractivity contribution is 9.09. The van der Waals surface area contributed by atoms with Crippen LogP contribution in [0.15, 0.2) is 18.2 Å². The maximum Gasteiger partial charge on any atom is 0.221 e. The van der Waals surface area contributed by atoms with Crippen LogP contribution in [0.4, 0.5) is 0 Å². The first-order valence-electron chi connectivity index (χ1n) is 6.33. The molecule has 1 aromatic rings. The minimum Gasteiger partial charge on any atom is -0.493 e. The first-order valence-corrected chi connectivity index (χ1v) is 7.45. The van der Waals surface area contributed by atoms with E-state index in [1.54, 1.807) is 7.11 Å².